The lowest BCUT2D eigenvalue weighted by Crippen LogP contribution is -2.18. The van der Waals surface area contributed by atoms with Gasteiger partial charge in [0, 0.05) is 17.6 Å². The van der Waals surface area contributed by atoms with E-state index >= 15 is 0 Å². The lowest BCUT2D eigenvalue weighted by molar-refractivity contribution is 0.709. The topological polar surface area (TPSA) is 46.9 Å². The first-order valence-corrected chi connectivity index (χ1v) is 5.51. The molecule has 0 aliphatic heterocycles. The molecule has 0 bridgehead atoms. The fraction of sp³-hybridized carbons (Fsp3) is 0.0909. The minimum Gasteiger partial charge on any atom is -0.353 e. The van der Waals surface area contributed by atoms with Crippen molar-refractivity contribution in [2.45, 2.75) is 0 Å². The molecule has 0 radical (unpaired) electrons. The molecular weight excluding hydrogens is 270 g/mol. The summed E-state index contributed by atoms with van der Waals surface area (Å²) in [4.78, 5) is 11.4. The van der Waals surface area contributed by atoms with E-state index in [1.807, 2.05) is 24.3 Å². The molecule has 16 heavy (non-hydrogen) atoms. The highest BCUT2D eigenvalue weighted by molar-refractivity contribution is 9.10. The van der Waals surface area contributed by atoms with Crippen LogP contribution in [0.5, 0.6) is 0 Å². The lowest BCUT2D eigenvalue weighted by Gasteiger charge is -2.07. The van der Waals surface area contributed by atoms with Crippen LogP contribution in [0.25, 0.3) is 0 Å². The minimum absolute atomic E-state index is 0.142. The highest BCUT2D eigenvalue weighted by atomic mass is 79.9. The van der Waals surface area contributed by atoms with Gasteiger partial charge >= 0.3 is 0 Å². The van der Waals surface area contributed by atoms with Gasteiger partial charge in [0.15, 0.2) is 0 Å². The highest BCUT2D eigenvalue weighted by Gasteiger charge is 2.00. The molecule has 1 heterocycles. The number of hydrogen-bond donors (Lipinski definition) is 1. The zero-order valence-corrected chi connectivity index (χ0v) is 10.2. The maximum Gasteiger partial charge on any atom is 0.268 e. The molecule has 1 aromatic carbocycles. The third-order valence-electron chi connectivity index (χ3n) is 2.12. The van der Waals surface area contributed by atoms with Gasteiger partial charge in [-0.3, -0.25) is 4.79 Å². The van der Waals surface area contributed by atoms with Crippen molar-refractivity contribution in [3.8, 4) is 0 Å². The monoisotopic (exact) mass is 279 g/mol. The maximum absolute atomic E-state index is 11.4. The molecule has 0 atom stereocenters. The van der Waals surface area contributed by atoms with Gasteiger partial charge in [-0.2, -0.15) is 5.10 Å². The Hall–Kier alpha value is -1.62. The van der Waals surface area contributed by atoms with Crippen molar-refractivity contribution in [3.05, 3.63) is 51.4 Å². The first-order chi connectivity index (χ1) is 7.66. The van der Waals surface area contributed by atoms with E-state index < -0.39 is 0 Å². The fourth-order valence-electron chi connectivity index (χ4n) is 1.26. The summed E-state index contributed by atoms with van der Waals surface area (Å²) in [7, 11) is 1.62. The Balaban J connectivity index is 2.31. The Bertz CT molecular complexity index is 565. The third-order valence-corrected chi connectivity index (χ3v) is 2.81. The first-order valence-electron chi connectivity index (χ1n) is 4.72. The summed E-state index contributed by atoms with van der Waals surface area (Å²) >= 11 is 3.42. The molecule has 1 N–H and O–H groups in total. The number of hydrogen-bond acceptors (Lipinski definition) is 3. The lowest BCUT2D eigenvalue weighted by atomic mass is 10.3. The zero-order valence-electron chi connectivity index (χ0n) is 8.64. The summed E-state index contributed by atoms with van der Waals surface area (Å²) < 4.78 is 2.22. The Morgan fingerprint density at radius 1 is 1.38 bits per heavy atom. The zero-order chi connectivity index (χ0) is 11.5. The van der Waals surface area contributed by atoms with Gasteiger partial charge in [0.25, 0.3) is 5.56 Å². The second-order valence-electron chi connectivity index (χ2n) is 3.31. The van der Waals surface area contributed by atoms with Crippen LogP contribution in [0.4, 0.5) is 11.4 Å². The number of benzene rings is 1. The van der Waals surface area contributed by atoms with Crippen molar-refractivity contribution < 1.29 is 0 Å². The number of halogens is 1. The van der Waals surface area contributed by atoms with E-state index in [0.717, 1.165) is 10.2 Å². The standard InChI is InChI=1S/C11H10BrN3O/c1-15-11(16)6-8(7-13-15)14-10-5-3-2-4-9(10)12/h2-7,14H,1H3. The minimum atomic E-state index is -0.142. The van der Waals surface area contributed by atoms with Gasteiger partial charge in [-0.05, 0) is 28.1 Å². The van der Waals surface area contributed by atoms with Gasteiger partial charge in [0.1, 0.15) is 0 Å². The number of anilines is 2. The van der Waals surface area contributed by atoms with Crippen molar-refractivity contribution >= 4 is 27.3 Å². The Morgan fingerprint density at radius 2 is 2.12 bits per heavy atom. The van der Waals surface area contributed by atoms with Crippen LogP contribution in [0.1, 0.15) is 0 Å². The quantitative estimate of drug-likeness (QED) is 0.918. The molecule has 2 aromatic rings. The van der Waals surface area contributed by atoms with E-state index in [9.17, 15) is 4.79 Å². The Labute approximate surface area is 101 Å². The third kappa shape index (κ3) is 2.30. The van der Waals surface area contributed by atoms with Crippen LogP contribution < -0.4 is 10.9 Å². The largest absolute Gasteiger partial charge is 0.353 e. The molecule has 2 rings (SSSR count). The van der Waals surface area contributed by atoms with Gasteiger partial charge in [-0.25, -0.2) is 4.68 Å². The maximum atomic E-state index is 11.4. The first kappa shape index (κ1) is 10.9. The molecule has 1 aromatic heterocycles. The average molecular weight is 280 g/mol. The van der Waals surface area contributed by atoms with E-state index in [-0.39, 0.29) is 5.56 Å². The SMILES string of the molecule is Cn1ncc(Nc2ccccc2Br)cc1=O. The van der Waals surface area contributed by atoms with E-state index in [0.29, 0.717) is 5.69 Å². The van der Waals surface area contributed by atoms with Crippen molar-refractivity contribution in [1.29, 1.82) is 0 Å². The second kappa shape index (κ2) is 4.49. The van der Waals surface area contributed by atoms with Gasteiger partial charge < -0.3 is 5.32 Å². The van der Waals surface area contributed by atoms with Crippen LogP contribution in [-0.2, 0) is 7.05 Å². The molecule has 0 amide bonds. The molecule has 0 aliphatic rings. The number of nitrogens with one attached hydrogen (secondary N) is 1. The number of aryl methyl sites for hydroxylation is 1. The summed E-state index contributed by atoms with van der Waals surface area (Å²) in [6, 6.07) is 9.20. The van der Waals surface area contributed by atoms with Crippen LogP contribution in [0.2, 0.25) is 0 Å². The molecule has 82 valence electrons. The summed E-state index contributed by atoms with van der Waals surface area (Å²) in [6.07, 6.45) is 1.61. The molecule has 0 spiro atoms. The van der Waals surface area contributed by atoms with Crippen LogP contribution in [-0.4, -0.2) is 9.78 Å². The molecule has 4 nitrogen and oxygen atoms in total. The number of para-hydroxylation sites is 1. The van der Waals surface area contributed by atoms with E-state index in [4.69, 9.17) is 0 Å². The van der Waals surface area contributed by atoms with Gasteiger partial charge in [0.2, 0.25) is 0 Å². The smallest absolute Gasteiger partial charge is 0.268 e. The van der Waals surface area contributed by atoms with E-state index in [1.165, 1.54) is 10.7 Å². The second-order valence-corrected chi connectivity index (χ2v) is 4.17. The molecular formula is C11H10BrN3O. The highest BCUT2D eigenvalue weighted by Crippen LogP contribution is 2.24. The van der Waals surface area contributed by atoms with Gasteiger partial charge in [-0.15, -0.1) is 0 Å². The normalized spacial score (nSPS) is 10.1. The molecule has 0 unspecified atom stereocenters. The number of rotatable bonds is 2. The summed E-state index contributed by atoms with van der Waals surface area (Å²) in [5.74, 6) is 0. The Morgan fingerprint density at radius 3 is 2.81 bits per heavy atom. The fourth-order valence-corrected chi connectivity index (χ4v) is 1.64. The van der Waals surface area contributed by atoms with Crippen LogP contribution in [0.15, 0.2) is 45.8 Å². The summed E-state index contributed by atoms with van der Waals surface area (Å²) in [5, 5.41) is 7.05. The number of aromatic nitrogens is 2. The Kier molecular flexibility index (Phi) is 3.05. The molecule has 0 saturated carbocycles. The van der Waals surface area contributed by atoms with Crippen molar-refractivity contribution in [1.82, 2.24) is 9.78 Å². The summed E-state index contributed by atoms with van der Waals surface area (Å²) in [6.45, 7) is 0. The van der Waals surface area contributed by atoms with Gasteiger partial charge in [0.05, 0.1) is 17.6 Å². The van der Waals surface area contributed by atoms with Gasteiger partial charge in [-0.1, -0.05) is 12.1 Å². The number of nitrogens with zero attached hydrogens (tertiary/aromatic N) is 2. The molecule has 0 saturated heterocycles. The average Bonchev–Trinajstić information content (AvgIpc) is 2.27. The molecule has 0 fully saturated rings. The van der Waals surface area contributed by atoms with Crippen molar-refractivity contribution in [3.63, 3.8) is 0 Å². The van der Waals surface area contributed by atoms with Crippen LogP contribution in [0, 0.1) is 0 Å². The summed E-state index contributed by atoms with van der Waals surface area (Å²) in [5.41, 5.74) is 1.43. The van der Waals surface area contributed by atoms with E-state index in [2.05, 4.69) is 26.3 Å². The molecule has 0 aliphatic carbocycles. The molecule has 5 heteroatoms. The predicted octanol–water partition coefficient (Wildman–Crippen LogP) is 2.29. The predicted molar refractivity (Wildman–Crippen MR) is 66.9 cm³/mol. The van der Waals surface area contributed by atoms with E-state index in [1.54, 1.807) is 13.2 Å². The van der Waals surface area contributed by atoms with Crippen LogP contribution >= 0.6 is 15.9 Å². The van der Waals surface area contributed by atoms with Crippen LogP contribution in [0.3, 0.4) is 0 Å². The van der Waals surface area contributed by atoms with Crippen molar-refractivity contribution in [2.75, 3.05) is 5.32 Å². The van der Waals surface area contributed by atoms with Crippen molar-refractivity contribution in [2.24, 2.45) is 7.05 Å².